The predicted molar refractivity (Wildman–Crippen MR) is 72.1 cm³/mol. The average molecular weight is 278 g/mol. The van der Waals surface area contributed by atoms with Crippen molar-refractivity contribution in [2.75, 3.05) is 33.5 Å². The van der Waals surface area contributed by atoms with Crippen LogP contribution < -0.4 is 4.74 Å². The molecule has 0 amide bonds. The zero-order valence-corrected chi connectivity index (χ0v) is 11.7. The molecule has 2 rings (SSSR count). The molecule has 108 valence electrons. The van der Waals surface area contributed by atoms with E-state index >= 15 is 0 Å². The third-order valence-corrected chi connectivity index (χ3v) is 2.63. The molecule has 20 heavy (non-hydrogen) atoms. The maximum Gasteiger partial charge on any atom is 0.145 e. The number of rotatable bonds is 8. The number of aromatic nitrogens is 4. The van der Waals surface area contributed by atoms with Crippen molar-refractivity contribution in [3.63, 3.8) is 0 Å². The highest BCUT2D eigenvalue weighted by Gasteiger charge is 2.07. The maximum absolute atomic E-state index is 5.71. The zero-order chi connectivity index (χ0) is 14.2. The monoisotopic (exact) mass is 278 g/mol. The lowest BCUT2D eigenvalue weighted by Crippen LogP contribution is -2.11. The van der Waals surface area contributed by atoms with E-state index in [0.29, 0.717) is 26.4 Å². The Balaban J connectivity index is 1.94. The van der Waals surface area contributed by atoms with E-state index in [-0.39, 0.29) is 0 Å². The number of ether oxygens (including phenoxy) is 3. The van der Waals surface area contributed by atoms with Crippen LogP contribution in [-0.4, -0.2) is 53.7 Å². The Labute approximate surface area is 117 Å². The molecule has 0 aliphatic rings. The van der Waals surface area contributed by atoms with Crippen molar-refractivity contribution in [2.45, 2.75) is 6.92 Å². The predicted octanol–water partition coefficient (Wildman–Crippen LogP) is 1.01. The van der Waals surface area contributed by atoms with E-state index in [4.69, 9.17) is 14.2 Å². The Bertz CT molecular complexity index is 516. The van der Waals surface area contributed by atoms with Crippen molar-refractivity contribution in [3.05, 3.63) is 30.1 Å². The fraction of sp³-hybridized carbons (Fsp3) is 0.462. The van der Waals surface area contributed by atoms with Crippen molar-refractivity contribution in [3.8, 4) is 11.4 Å². The van der Waals surface area contributed by atoms with Crippen molar-refractivity contribution < 1.29 is 14.2 Å². The second-order valence-electron chi connectivity index (χ2n) is 4.18. The second-order valence-corrected chi connectivity index (χ2v) is 4.18. The summed E-state index contributed by atoms with van der Waals surface area (Å²) >= 11 is 0. The third-order valence-electron chi connectivity index (χ3n) is 2.63. The highest BCUT2D eigenvalue weighted by Crippen LogP contribution is 2.23. The fourth-order valence-corrected chi connectivity index (χ4v) is 1.66. The molecule has 0 fully saturated rings. The van der Waals surface area contributed by atoms with Crippen molar-refractivity contribution in [1.82, 2.24) is 20.2 Å². The van der Waals surface area contributed by atoms with E-state index in [0.717, 1.165) is 17.0 Å². The molecule has 0 aliphatic carbocycles. The molecule has 0 saturated heterocycles. The van der Waals surface area contributed by atoms with E-state index in [1.165, 1.54) is 6.33 Å². The first kappa shape index (κ1) is 14.4. The molecule has 2 aromatic rings. The van der Waals surface area contributed by atoms with Crippen LogP contribution in [0, 0.1) is 6.92 Å². The van der Waals surface area contributed by atoms with Crippen molar-refractivity contribution in [1.29, 1.82) is 0 Å². The van der Waals surface area contributed by atoms with Gasteiger partial charge in [0.2, 0.25) is 0 Å². The molecule has 0 atom stereocenters. The van der Waals surface area contributed by atoms with Crippen LogP contribution in [0.4, 0.5) is 0 Å². The lowest BCUT2D eigenvalue weighted by atomic mass is 10.2. The number of tetrazole rings is 1. The van der Waals surface area contributed by atoms with Gasteiger partial charge in [-0.15, -0.1) is 5.10 Å². The minimum absolute atomic E-state index is 0.460. The minimum atomic E-state index is 0.460. The number of nitrogens with zero attached hydrogens (tertiary/aromatic N) is 4. The Morgan fingerprint density at radius 1 is 1.15 bits per heavy atom. The van der Waals surface area contributed by atoms with E-state index in [1.807, 2.05) is 25.1 Å². The molecule has 0 bridgehead atoms. The van der Waals surface area contributed by atoms with Crippen LogP contribution in [-0.2, 0) is 9.47 Å². The van der Waals surface area contributed by atoms with Crippen LogP contribution in [0.25, 0.3) is 5.69 Å². The fourth-order valence-electron chi connectivity index (χ4n) is 1.66. The number of hydrogen-bond acceptors (Lipinski definition) is 6. The summed E-state index contributed by atoms with van der Waals surface area (Å²) in [4.78, 5) is 0. The van der Waals surface area contributed by atoms with Crippen LogP contribution >= 0.6 is 0 Å². The van der Waals surface area contributed by atoms with E-state index in [9.17, 15) is 0 Å². The van der Waals surface area contributed by atoms with Gasteiger partial charge in [-0.3, -0.25) is 0 Å². The van der Waals surface area contributed by atoms with Crippen LogP contribution in [0.2, 0.25) is 0 Å². The SMILES string of the molecule is COCCOCCOc1ccc(C)cc1-n1cnnn1. The third kappa shape index (κ3) is 4.01. The summed E-state index contributed by atoms with van der Waals surface area (Å²) in [7, 11) is 1.64. The molecule has 1 heterocycles. The Kier molecular flexibility index (Phi) is 5.45. The topological polar surface area (TPSA) is 71.3 Å². The molecular weight excluding hydrogens is 260 g/mol. The molecule has 7 heteroatoms. The van der Waals surface area contributed by atoms with E-state index < -0.39 is 0 Å². The largest absolute Gasteiger partial charge is 0.489 e. The van der Waals surface area contributed by atoms with Crippen molar-refractivity contribution >= 4 is 0 Å². The Hall–Kier alpha value is -1.99. The number of methoxy groups -OCH3 is 1. The number of benzene rings is 1. The molecule has 0 unspecified atom stereocenters. The number of aryl methyl sites for hydroxylation is 1. The van der Waals surface area contributed by atoms with Gasteiger partial charge >= 0.3 is 0 Å². The molecule has 0 spiro atoms. The highest BCUT2D eigenvalue weighted by atomic mass is 16.5. The van der Waals surface area contributed by atoms with Crippen LogP contribution in [0.3, 0.4) is 0 Å². The molecule has 0 aliphatic heterocycles. The van der Waals surface area contributed by atoms with Crippen LogP contribution in [0.1, 0.15) is 5.56 Å². The minimum Gasteiger partial charge on any atom is -0.489 e. The van der Waals surface area contributed by atoms with E-state index in [1.54, 1.807) is 11.8 Å². The lowest BCUT2D eigenvalue weighted by Gasteiger charge is -2.11. The summed E-state index contributed by atoms with van der Waals surface area (Å²) in [5.74, 6) is 0.721. The summed E-state index contributed by atoms with van der Waals surface area (Å²) in [5, 5.41) is 11.2. The normalized spacial score (nSPS) is 10.7. The summed E-state index contributed by atoms with van der Waals surface area (Å²) in [6.45, 7) is 4.12. The molecule has 0 N–H and O–H groups in total. The highest BCUT2D eigenvalue weighted by molar-refractivity contribution is 5.47. The van der Waals surface area contributed by atoms with Crippen molar-refractivity contribution in [2.24, 2.45) is 0 Å². The average Bonchev–Trinajstić information content (AvgIpc) is 2.98. The first-order chi connectivity index (χ1) is 9.81. The summed E-state index contributed by atoms with van der Waals surface area (Å²) in [6.07, 6.45) is 1.54. The molecule has 0 radical (unpaired) electrons. The van der Waals surface area contributed by atoms with Crippen LogP contribution in [0.15, 0.2) is 24.5 Å². The summed E-state index contributed by atoms with van der Waals surface area (Å²) in [6, 6.07) is 5.86. The molecule has 1 aromatic carbocycles. The maximum atomic E-state index is 5.71. The van der Waals surface area contributed by atoms with Gasteiger partial charge in [0.15, 0.2) is 0 Å². The van der Waals surface area contributed by atoms with Gasteiger partial charge in [0.25, 0.3) is 0 Å². The van der Waals surface area contributed by atoms with Gasteiger partial charge in [0.1, 0.15) is 24.4 Å². The first-order valence-corrected chi connectivity index (χ1v) is 6.35. The second kappa shape index (κ2) is 7.56. The van der Waals surface area contributed by atoms with Gasteiger partial charge in [-0.05, 0) is 35.0 Å². The summed E-state index contributed by atoms with van der Waals surface area (Å²) < 4.78 is 17.5. The molecule has 0 saturated carbocycles. The zero-order valence-electron chi connectivity index (χ0n) is 11.7. The van der Waals surface area contributed by atoms with Gasteiger partial charge in [-0.1, -0.05) is 6.07 Å². The molecule has 1 aromatic heterocycles. The van der Waals surface area contributed by atoms with Gasteiger partial charge < -0.3 is 14.2 Å². The van der Waals surface area contributed by atoms with Gasteiger partial charge in [-0.25, -0.2) is 0 Å². The van der Waals surface area contributed by atoms with Crippen LogP contribution in [0.5, 0.6) is 5.75 Å². The summed E-state index contributed by atoms with van der Waals surface area (Å²) in [5.41, 5.74) is 1.92. The van der Waals surface area contributed by atoms with Gasteiger partial charge in [0.05, 0.1) is 19.8 Å². The number of hydrogen-bond donors (Lipinski definition) is 0. The standard InChI is InChI=1S/C13H18N4O3/c1-11-3-4-13(20-8-7-19-6-5-18-2)12(9-11)17-10-14-15-16-17/h3-4,9-10H,5-8H2,1-2H3. The lowest BCUT2D eigenvalue weighted by molar-refractivity contribution is 0.0544. The Morgan fingerprint density at radius 3 is 2.75 bits per heavy atom. The first-order valence-electron chi connectivity index (χ1n) is 6.35. The van der Waals surface area contributed by atoms with Gasteiger partial charge in [0, 0.05) is 7.11 Å². The smallest absolute Gasteiger partial charge is 0.145 e. The van der Waals surface area contributed by atoms with Gasteiger partial charge in [-0.2, -0.15) is 4.68 Å². The van der Waals surface area contributed by atoms with E-state index in [2.05, 4.69) is 15.5 Å². The quantitative estimate of drug-likeness (QED) is 0.671. The molecular formula is C13H18N4O3. The molecule has 7 nitrogen and oxygen atoms in total. The Morgan fingerprint density at radius 2 is 2.00 bits per heavy atom.